The van der Waals surface area contributed by atoms with Crippen LogP contribution < -0.4 is 10.5 Å². The van der Waals surface area contributed by atoms with Crippen molar-refractivity contribution >= 4 is 22.8 Å². The van der Waals surface area contributed by atoms with Gasteiger partial charge < -0.3 is 14.1 Å². The van der Waals surface area contributed by atoms with Crippen molar-refractivity contribution in [3.05, 3.63) is 69.2 Å². The third-order valence-corrected chi connectivity index (χ3v) is 6.39. The Labute approximate surface area is 186 Å². The summed E-state index contributed by atoms with van der Waals surface area (Å²) in [5, 5.41) is 1.06. The van der Waals surface area contributed by atoms with E-state index in [0.29, 0.717) is 17.8 Å². The van der Waals surface area contributed by atoms with Gasteiger partial charge in [0.05, 0.1) is 12.2 Å². The predicted molar refractivity (Wildman–Crippen MR) is 122 cm³/mol. The molecule has 2 aromatic heterocycles. The van der Waals surface area contributed by atoms with Gasteiger partial charge >= 0.3 is 11.6 Å². The molecule has 0 bridgehead atoms. The number of esters is 1. The van der Waals surface area contributed by atoms with E-state index in [1.165, 1.54) is 17.5 Å². The first-order valence-corrected chi connectivity index (χ1v) is 11.3. The first-order chi connectivity index (χ1) is 15.6. The van der Waals surface area contributed by atoms with Crippen molar-refractivity contribution in [1.29, 1.82) is 0 Å². The summed E-state index contributed by atoms with van der Waals surface area (Å²) in [6.07, 6.45) is 4.91. The van der Waals surface area contributed by atoms with E-state index < -0.39 is 0 Å². The zero-order valence-electron chi connectivity index (χ0n) is 18.3. The van der Waals surface area contributed by atoms with Crippen LogP contribution in [-0.4, -0.2) is 48.6 Å². The van der Waals surface area contributed by atoms with Crippen molar-refractivity contribution in [3.63, 3.8) is 0 Å². The number of benzene rings is 1. The first-order valence-electron chi connectivity index (χ1n) is 11.3. The molecule has 3 heterocycles. The number of carbonyl (C=O) groups excluding carboxylic acids is 1. The summed E-state index contributed by atoms with van der Waals surface area (Å²) in [4.78, 5) is 33.0. The number of aromatic nitrogens is 1. The normalized spacial score (nSPS) is 16.3. The highest BCUT2D eigenvalue weighted by Gasteiger charge is 2.21. The topological polar surface area (TPSA) is 75.9 Å². The fourth-order valence-electron chi connectivity index (χ4n) is 4.71. The van der Waals surface area contributed by atoms with Gasteiger partial charge in [-0.1, -0.05) is 0 Å². The number of rotatable bonds is 5. The second kappa shape index (κ2) is 8.74. The Hall–Kier alpha value is -3.19. The van der Waals surface area contributed by atoms with Crippen molar-refractivity contribution in [1.82, 2.24) is 9.88 Å². The zero-order valence-corrected chi connectivity index (χ0v) is 18.3. The molecule has 7 nitrogen and oxygen atoms in total. The SMILES string of the molecule is CCOC(=O)c1ccc(N2CCN(Cc3cc(=O)oc4cc5c(cc34)CCC5)CC2)nc1. The molecule has 0 spiro atoms. The van der Waals surface area contributed by atoms with E-state index in [-0.39, 0.29) is 11.6 Å². The van der Waals surface area contributed by atoms with Crippen LogP contribution in [0.5, 0.6) is 0 Å². The van der Waals surface area contributed by atoms with E-state index in [1.807, 2.05) is 6.07 Å². The molecule has 5 rings (SSSR count). The predicted octanol–water partition coefficient (Wildman–Crippen LogP) is 3.18. The molecule has 0 saturated carbocycles. The lowest BCUT2D eigenvalue weighted by molar-refractivity contribution is 0.0526. The van der Waals surface area contributed by atoms with Crippen molar-refractivity contribution in [2.75, 3.05) is 37.7 Å². The number of carbonyl (C=O) groups is 1. The maximum atomic E-state index is 12.2. The van der Waals surface area contributed by atoms with Crippen LogP contribution in [0.3, 0.4) is 0 Å². The second-order valence-corrected chi connectivity index (χ2v) is 8.45. The van der Waals surface area contributed by atoms with E-state index in [9.17, 15) is 9.59 Å². The van der Waals surface area contributed by atoms with Crippen molar-refractivity contribution < 1.29 is 13.9 Å². The molecule has 1 aliphatic heterocycles. The summed E-state index contributed by atoms with van der Waals surface area (Å²) < 4.78 is 10.5. The van der Waals surface area contributed by atoms with Crippen LogP contribution in [0.4, 0.5) is 5.82 Å². The van der Waals surface area contributed by atoms with Crippen LogP contribution in [-0.2, 0) is 24.1 Å². The molecule has 0 amide bonds. The van der Waals surface area contributed by atoms with Crippen molar-refractivity contribution in [3.8, 4) is 0 Å². The Morgan fingerprint density at radius 2 is 1.88 bits per heavy atom. The molecule has 0 atom stereocenters. The molecule has 7 heteroatoms. The molecular weight excluding hydrogens is 406 g/mol. The van der Waals surface area contributed by atoms with Crippen LogP contribution >= 0.6 is 0 Å². The van der Waals surface area contributed by atoms with E-state index in [2.05, 4.69) is 26.9 Å². The average molecular weight is 434 g/mol. The summed E-state index contributed by atoms with van der Waals surface area (Å²) >= 11 is 0. The largest absolute Gasteiger partial charge is 0.462 e. The number of nitrogens with zero attached hydrogens (tertiary/aromatic N) is 3. The lowest BCUT2D eigenvalue weighted by Gasteiger charge is -2.35. The van der Waals surface area contributed by atoms with Crippen LogP contribution in [0.2, 0.25) is 0 Å². The summed E-state index contributed by atoms with van der Waals surface area (Å²) in [7, 11) is 0. The van der Waals surface area contributed by atoms with Crippen molar-refractivity contribution in [2.24, 2.45) is 0 Å². The van der Waals surface area contributed by atoms with Gasteiger partial charge in [-0.25, -0.2) is 14.6 Å². The number of hydrogen-bond donors (Lipinski definition) is 0. The Morgan fingerprint density at radius 3 is 2.59 bits per heavy atom. The molecule has 32 heavy (non-hydrogen) atoms. The van der Waals surface area contributed by atoms with Gasteiger partial charge in [0.2, 0.25) is 0 Å². The number of fused-ring (bicyclic) bond motifs is 2. The van der Waals surface area contributed by atoms with E-state index >= 15 is 0 Å². The summed E-state index contributed by atoms with van der Waals surface area (Å²) in [5.41, 5.74) is 4.63. The van der Waals surface area contributed by atoms with Gasteiger partial charge in [0.1, 0.15) is 11.4 Å². The minimum absolute atomic E-state index is 0.282. The highest BCUT2D eigenvalue weighted by atomic mass is 16.5. The van der Waals surface area contributed by atoms with Crippen LogP contribution in [0, 0.1) is 0 Å². The maximum Gasteiger partial charge on any atom is 0.339 e. The first kappa shape index (κ1) is 20.7. The highest BCUT2D eigenvalue weighted by Crippen LogP contribution is 2.29. The Kier molecular flexibility index (Phi) is 5.66. The quantitative estimate of drug-likeness (QED) is 0.452. The minimum atomic E-state index is -0.346. The molecule has 2 aliphatic rings. The van der Waals surface area contributed by atoms with E-state index in [0.717, 1.165) is 62.3 Å². The Balaban J connectivity index is 1.27. The molecule has 0 unspecified atom stereocenters. The zero-order chi connectivity index (χ0) is 22.1. The van der Waals surface area contributed by atoms with Crippen molar-refractivity contribution in [2.45, 2.75) is 32.7 Å². The fourth-order valence-corrected chi connectivity index (χ4v) is 4.71. The minimum Gasteiger partial charge on any atom is -0.462 e. The highest BCUT2D eigenvalue weighted by molar-refractivity contribution is 5.89. The van der Waals surface area contributed by atoms with Gasteiger partial charge in [-0.2, -0.15) is 0 Å². The number of piperazine rings is 1. The van der Waals surface area contributed by atoms with Gasteiger partial charge in [-0.15, -0.1) is 0 Å². The summed E-state index contributed by atoms with van der Waals surface area (Å²) in [6, 6.07) is 9.57. The third kappa shape index (κ3) is 4.12. The molecule has 1 fully saturated rings. The fraction of sp³-hybridized carbons (Fsp3) is 0.400. The smallest absolute Gasteiger partial charge is 0.339 e. The second-order valence-electron chi connectivity index (χ2n) is 8.45. The van der Waals surface area contributed by atoms with Gasteiger partial charge in [0.15, 0.2) is 0 Å². The van der Waals surface area contributed by atoms with Crippen LogP contribution in [0.15, 0.2) is 45.7 Å². The van der Waals surface area contributed by atoms with Crippen LogP contribution in [0.25, 0.3) is 11.0 Å². The molecular formula is C25H27N3O4. The van der Waals surface area contributed by atoms with E-state index in [4.69, 9.17) is 9.15 Å². The lowest BCUT2D eigenvalue weighted by Crippen LogP contribution is -2.46. The third-order valence-electron chi connectivity index (χ3n) is 6.39. The summed E-state index contributed by atoms with van der Waals surface area (Å²) in [6.45, 7) is 6.27. The monoisotopic (exact) mass is 433 g/mol. The maximum absolute atomic E-state index is 12.2. The van der Waals surface area contributed by atoms with E-state index in [1.54, 1.807) is 25.3 Å². The molecule has 1 saturated heterocycles. The number of hydrogen-bond acceptors (Lipinski definition) is 7. The van der Waals surface area contributed by atoms with Gasteiger partial charge in [0, 0.05) is 50.4 Å². The average Bonchev–Trinajstić information content (AvgIpc) is 3.26. The van der Waals surface area contributed by atoms with Gasteiger partial charge in [-0.05, 0) is 67.1 Å². The lowest BCUT2D eigenvalue weighted by atomic mass is 10.0. The number of anilines is 1. The van der Waals surface area contributed by atoms with Gasteiger partial charge in [-0.3, -0.25) is 4.90 Å². The summed E-state index contributed by atoms with van der Waals surface area (Å²) in [5.74, 6) is 0.514. The molecule has 0 radical (unpaired) electrons. The number of ether oxygens (including phenoxy) is 1. The molecule has 166 valence electrons. The molecule has 3 aromatic rings. The Bertz CT molecular complexity index is 1190. The number of aryl methyl sites for hydroxylation is 2. The molecule has 1 aliphatic carbocycles. The Morgan fingerprint density at radius 1 is 1.09 bits per heavy atom. The number of pyridine rings is 1. The standard InChI is InChI=1S/C25H27N3O4/c1-2-31-25(30)19-6-7-23(26-15-19)28-10-8-27(9-11-28)16-20-14-24(29)32-22-13-18-5-3-4-17(18)12-21(20)22/h6-7,12-15H,2-5,8-11,16H2,1H3. The molecule has 1 aromatic carbocycles. The van der Waals surface area contributed by atoms with Gasteiger partial charge in [0.25, 0.3) is 0 Å². The molecule has 0 N–H and O–H groups in total. The van der Waals surface area contributed by atoms with Crippen LogP contribution in [0.1, 0.15) is 40.4 Å².